The monoisotopic (exact) mass is 733 g/mol. The zero-order valence-electron chi connectivity index (χ0n) is 29.0. The number of amides is 1. The maximum absolute atomic E-state index is 12.4. The van der Waals surface area contributed by atoms with Crippen LogP contribution >= 0.6 is 23.2 Å². The second kappa shape index (κ2) is 15.6. The summed E-state index contributed by atoms with van der Waals surface area (Å²) in [6.45, 7) is 6.37. The number of piperidine rings is 1. The Labute approximate surface area is 313 Å². The van der Waals surface area contributed by atoms with Crippen LogP contribution in [0.5, 0.6) is 0 Å². The molecule has 1 atom stereocenters. The lowest BCUT2D eigenvalue weighted by Crippen LogP contribution is -2.45. The first-order valence-electron chi connectivity index (χ1n) is 17.6. The van der Waals surface area contributed by atoms with Gasteiger partial charge in [-0.05, 0) is 74.6 Å². The largest absolute Gasteiger partial charge is 0.376 e. The number of hydrogen-bond donors (Lipinski definition) is 3. The van der Waals surface area contributed by atoms with E-state index in [1.807, 2.05) is 67.8 Å². The third-order valence-corrected chi connectivity index (χ3v) is 10.5. The highest BCUT2D eigenvalue weighted by Gasteiger charge is 2.32. The van der Waals surface area contributed by atoms with Crippen molar-refractivity contribution >= 4 is 58.3 Å². The summed E-state index contributed by atoms with van der Waals surface area (Å²) < 4.78 is 2.26. The molecule has 0 spiro atoms. The van der Waals surface area contributed by atoms with Gasteiger partial charge in [-0.1, -0.05) is 71.7 Å². The number of benzene rings is 3. The predicted octanol–water partition coefficient (Wildman–Crippen LogP) is 8.93. The van der Waals surface area contributed by atoms with Crippen molar-refractivity contribution in [3.05, 3.63) is 119 Å². The van der Waals surface area contributed by atoms with E-state index >= 15 is 0 Å². The third kappa shape index (κ3) is 7.43. The van der Waals surface area contributed by atoms with Crippen molar-refractivity contribution in [1.29, 1.82) is 0 Å². The van der Waals surface area contributed by atoms with Crippen LogP contribution < -0.4 is 15.5 Å². The maximum Gasteiger partial charge on any atom is 0.223 e. The Kier molecular flexibility index (Phi) is 10.6. The van der Waals surface area contributed by atoms with Crippen molar-refractivity contribution in [3.63, 3.8) is 0 Å². The van der Waals surface area contributed by atoms with Gasteiger partial charge in [-0.25, -0.2) is 9.97 Å². The number of pyridine rings is 1. The molecule has 11 heteroatoms. The number of fused-ring (bicyclic) bond motifs is 1. The molecule has 0 radical (unpaired) electrons. The quantitative estimate of drug-likeness (QED) is 0.130. The summed E-state index contributed by atoms with van der Waals surface area (Å²) in [6.07, 6.45) is 7.64. The summed E-state index contributed by atoms with van der Waals surface area (Å²) in [5, 5.41) is 9.44. The van der Waals surface area contributed by atoms with Crippen molar-refractivity contribution < 1.29 is 9.59 Å². The van der Waals surface area contributed by atoms with Crippen LogP contribution in [-0.4, -0.2) is 51.3 Å². The van der Waals surface area contributed by atoms with Gasteiger partial charge in [-0.15, -0.1) is 0 Å². The number of carbonyl (C=O) groups is 2. The van der Waals surface area contributed by atoms with Crippen LogP contribution in [0.15, 0.2) is 97.5 Å². The lowest BCUT2D eigenvalue weighted by Gasteiger charge is -2.34. The van der Waals surface area contributed by atoms with E-state index in [1.54, 1.807) is 0 Å². The molecule has 266 valence electrons. The van der Waals surface area contributed by atoms with Crippen molar-refractivity contribution in [1.82, 2.24) is 24.8 Å². The Hall–Kier alpha value is -5.12. The van der Waals surface area contributed by atoms with Gasteiger partial charge >= 0.3 is 0 Å². The molecule has 1 aliphatic heterocycles. The molecule has 3 aromatic carbocycles. The average Bonchev–Trinajstić information content (AvgIpc) is 3.86. The summed E-state index contributed by atoms with van der Waals surface area (Å²) in [5.41, 5.74) is 8.09. The third-order valence-electron chi connectivity index (χ3n) is 10.0. The van der Waals surface area contributed by atoms with Gasteiger partial charge in [-0.3, -0.25) is 4.79 Å². The molecule has 6 aromatic rings. The first-order chi connectivity index (χ1) is 25.4. The molecule has 1 amide bonds. The van der Waals surface area contributed by atoms with E-state index in [0.717, 1.165) is 95.0 Å². The second-order valence-corrected chi connectivity index (χ2v) is 14.3. The number of halogens is 2. The van der Waals surface area contributed by atoms with Crippen LogP contribution in [-0.2, 0) is 16.1 Å². The second-order valence-electron chi connectivity index (χ2n) is 13.4. The summed E-state index contributed by atoms with van der Waals surface area (Å²) in [5.74, 6) is 1.37. The van der Waals surface area contributed by atoms with Crippen LogP contribution in [0.1, 0.15) is 49.9 Å². The fraction of sp³-hybridized carbons (Fsp3) is 0.268. The number of H-pyrrole nitrogens is 1. The molecular weight excluding hydrogens is 693 g/mol. The SMILES string of the molecule is C=O.CC(c1ccc(Cl)cc1)n1cnc(-c2ccccc2)c1-c1c(CNc2cccnc2N2CCC(NC(=O)C3CC3)CC2)[nH]c2cc(Cl)ccc12. The van der Waals surface area contributed by atoms with E-state index in [2.05, 4.69) is 68.4 Å². The Morgan fingerprint density at radius 1 is 0.923 bits per heavy atom. The van der Waals surface area contributed by atoms with Crippen LogP contribution in [0.3, 0.4) is 0 Å². The smallest absolute Gasteiger partial charge is 0.223 e. The van der Waals surface area contributed by atoms with E-state index in [-0.39, 0.29) is 23.9 Å². The van der Waals surface area contributed by atoms with E-state index in [4.69, 9.17) is 38.0 Å². The minimum Gasteiger partial charge on any atom is -0.376 e. The number of aromatic nitrogens is 4. The topological polar surface area (TPSA) is 108 Å². The zero-order chi connectivity index (χ0) is 36.2. The van der Waals surface area contributed by atoms with Crippen molar-refractivity contribution in [3.8, 4) is 22.5 Å². The molecule has 1 aliphatic carbocycles. The highest BCUT2D eigenvalue weighted by atomic mass is 35.5. The zero-order valence-corrected chi connectivity index (χ0v) is 30.5. The molecule has 2 aliphatic rings. The fourth-order valence-corrected chi connectivity index (χ4v) is 7.41. The minimum atomic E-state index is -0.0211. The summed E-state index contributed by atoms with van der Waals surface area (Å²) in [6, 6.07) is 28.6. The molecule has 3 N–H and O–H groups in total. The van der Waals surface area contributed by atoms with Gasteiger partial charge in [0, 0.05) is 69.0 Å². The lowest BCUT2D eigenvalue weighted by atomic mass is 10.00. The van der Waals surface area contributed by atoms with E-state index in [9.17, 15) is 4.79 Å². The first kappa shape index (κ1) is 35.3. The van der Waals surface area contributed by atoms with Crippen molar-refractivity contribution in [2.75, 3.05) is 23.3 Å². The van der Waals surface area contributed by atoms with Gasteiger partial charge < -0.3 is 29.9 Å². The molecule has 9 nitrogen and oxygen atoms in total. The van der Waals surface area contributed by atoms with Gasteiger partial charge in [0.25, 0.3) is 0 Å². The number of nitrogens with zero attached hydrogens (tertiary/aromatic N) is 4. The van der Waals surface area contributed by atoms with E-state index < -0.39 is 0 Å². The summed E-state index contributed by atoms with van der Waals surface area (Å²) >= 11 is 12.8. The number of anilines is 2. The Balaban J connectivity index is 0.00000207. The molecule has 0 bridgehead atoms. The van der Waals surface area contributed by atoms with Crippen LogP contribution in [0.2, 0.25) is 10.0 Å². The lowest BCUT2D eigenvalue weighted by molar-refractivity contribution is -0.123. The normalized spacial score (nSPS) is 15.2. The Morgan fingerprint density at radius 2 is 1.65 bits per heavy atom. The number of aromatic amines is 1. The van der Waals surface area contributed by atoms with Gasteiger partial charge in [0.15, 0.2) is 5.82 Å². The minimum absolute atomic E-state index is 0.0211. The number of rotatable bonds is 10. The molecular formula is C41H41Cl2N7O2. The molecule has 52 heavy (non-hydrogen) atoms. The van der Waals surface area contributed by atoms with Gasteiger partial charge in [0.05, 0.1) is 36.0 Å². The predicted molar refractivity (Wildman–Crippen MR) is 210 cm³/mol. The molecule has 3 aromatic heterocycles. The molecule has 1 saturated heterocycles. The molecule has 8 rings (SSSR count). The Morgan fingerprint density at radius 3 is 2.38 bits per heavy atom. The van der Waals surface area contributed by atoms with Crippen LogP contribution in [0.4, 0.5) is 11.5 Å². The molecule has 1 unspecified atom stereocenters. The maximum atomic E-state index is 12.4. The highest BCUT2D eigenvalue weighted by Crippen LogP contribution is 2.42. The van der Waals surface area contributed by atoms with Crippen molar-refractivity contribution in [2.24, 2.45) is 5.92 Å². The molecule has 4 heterocycles. The fourth-order valence-electron chi connectivity index (χ4n) is 7.11. The van der Waals surface area contributed by atoms with Crippen LogP contribution in [0, 0.1) is 5.92 Å². The van der Waals surface area contributed by atoms with Gasteiger partial charge in [0.2, 0.25) is 5.91 Å². The number of imidazole rings is 1. The molecule has 1 saturated carbocycles. The van der Waals surface area contributed by atoms with Gasteiger partial charge in [-0.2, -0.15) is 0 Å². The highest BCUT2D eigenvalue weighted by molar-refractivity contribution is 6.31. The first-order valence-corrected chi connectivity index (χ1v) is 18.4. The summed E-state index contributed by atoms with van der Waals surface area (Å²) in [4.78, 5) is 36.3. The number of nitrogens with one attached hydrogen (secondary N) is 3. The van der Waals surface area contributed by atoms with E-state index in [1.165, 1.54) is 0 Å². The number of hydrogen-bond acceptors (Lipinski definition) is 6. The van der Waals surface area contributed by atoms with Crippen molar-refractivity contribution in [2.45, 2.75) is 51.2 Å². The van der Waals surface area contributed by atoms with E-state index in [0.29, 0.717) is 16.6 Å². The standard InChI is InChI=1S/C40H39Cl2N7O.CH2O/c1-25(26-11-13-29(41)14-12-26)49-24-45-37(27-6-3-2-4-7-27)38(49)36-32-16-15-30(42)22-34(32)47-35(36)23-44-33-8-5-19-43-39(33)48-20-17-31(18-21-48)46-40(50)28-9-10-28;1-2/h2-8,11-16,19,22,24-25,28,31,44,47H,9-10,17-18,20-21,23H2,1H3,(H,46,50);1H2. The average molecular weight is 735 g/mol. The van der Waals surface area contributed by atoms with Crippen LogP contribution in [0.25, 0.3) is 33.4 Å². The Bertz CT molecular complexity index is 2150. The van der Waals surface area contributed by atoms with Gasteiger partial charge in [0.1, 0.15) is 6.79 Å². The summed E-state index contributed by atoms with van der Waals surface area (Å²) in [7, 11) is 0. The number of carbonyl (C=O) groups excluding carboxylic acids is 2. The molecule has 2 fully saturated rings.